The van der Waals surface area contributed by atoms with Crippen LogP contribution in [0.25, 0.3) is 16.9 Å². The number of aldehydes is 1. The van der Waals surface area contributed by atoms with E-state index in [0.717, 1.165) is 23.2 Å². The third-order valence-electron chi connectivity index (χ3n) is 2.93. The van der Waals surface area contributed by atoms with Gasteiger partial charge in [-0.05, 0) is 25.1 Å². The monoisotopic (exact) mass is 236 g/mol. The van der Waals surface area contributed by atoms with Crippen molar-refractivity contribution in [2.45, 2.75) is 6.92 Å². The second-order valence-electron chi connectivity index (χ2n) is 4.34. The molecular weight excluding hydrogens is 224 g/mol. The predicted octanol–water partition coefficient (Wildman–Crippen LogP) is 3.12. The molecule has 88 valence electrons. The Kier molecular flexibility index (Phi) is 2.45. The highest BCUT2D eigenvalue weighted by molar-refractivity contribution is 5.77. The number of fused-ring (bicyclic) bond motifs is 1. The Hall–Kier alpha value is -2.42. The van der Waals surface area contributed by atoms with Crippen LogP contribution in [0.2, 0.25) is 0 Å². The molecule has 0 radical (unpaired) electrons. The molecule has 2 aromatic heterocycles. The number of hydrogen-bond acceptors (Lipinski definition) is 2. The lowest BCUT2D eigenvalue weighted by Gasteiger charge is -1.96. The lowest BCUT2D eigenvalue weighted by Crippen LogP contribution is -1.85. The van der Waals surface area contributed by atoms with E-state index in [0.29, 0.717) is 5.56 Å². The second-order valence-corrected chi connectivity index (χ2v) is 4.34. The Morgan fingerprint density at radius 3 is 2.89 bits per heavy atom. The van der Waals surface area contributed by atoms with Crippen molar-refractivity contribution in [3.63, 3.8) is 0 Å². The molecule has 3 heteroatoms. The molecule has 0 amide bonds. The molecule has 0 atom stereocenters. The minimum Gasteiger partial charge on any atom is -0.306 e. The molecule has 0 unspecified atom stereocenters. The van der Waals surface area contributed by atoms with Gasteiger partial charge >= 0.3 is 0 Å². The zero-order chi connectivity index (χ0) is 12.5. The Bertz CT molecular complexity index is 728. The quantitative estimate of drug-likeness (QED) is 0.641. The van der Waals surface area contributed by atoms with E-state index in [9.17, 15) is 4.79 Å². The SMILES string of the molecule is Cc1cccc(-c2cn3ccc(C=O)cc3n2)c1. The Morgan fingerprint density at radius 2 is 2.11 bits per heavy atom. The molecule has 0 bridgehead atoms. The normalized spacial score (nSPS) is 10.7. The Balaban J connectivity index is 2.16. The molecule has 3 rings (SSSR count). The number of nitrogens with zero attached hydrogens (tertiary/aromatic N) is 2. The van der Waals surface area contributed by atoms with Crippen molar-refractivity contribution in [1.29, 1.82) is 0 Å². The Labute approximate surface area is 105 Å². The van der Waals surface area contributed by atoms with Crippen LogP contribution in [-0.2, 0) is 0 Å². The first-order chi connectivity index (χ1) is 8.76. The number of benzene rings is 1. The van der Waals surface area contributed by atoms with E-state index in [2.05, 4.69) is 24.0 Å². The van der Waals surface area contributed by atoms with Gasteiger partial charge in [-0.1, -0.05) is 23.8 Å². The maximum Gasteiger partial charge on any atom is 0.150 e. The van der Waals surface area contributed by atoms with E-state index in [4.69, 9.17) is 0 Å². The summed E-state index contributed by atoms with van der Waals surface area (Å²) in [5, 5.41) is 0. The number of aryl methyl sites for hydroxylation is 1. The first kappa shape index (κ1) is 10.7. The largest absolute Gasteiger partial charge is 0.306 e. The zero-order valence-electron chi connectivity index (χ0n) is 10.00. The van der Waals surface area contributed by atoms with Crippen molar-refractivity contribution in [3.8, 4) is 11.3 Å². The first-order valence-corrected chi connectivity index (χ1v) is 5.77. The van der Waals surface area contributed by atoms with Crippen molar-refractivity contribution in [1.82, 2.24) is 9.38 Å². The number of pyridine rings is 1. The van der Waals surface area contributed by atoms with Crippen molar-refractivity contribution in [3.05, 3.63) is 59.9 Å². The molecule has 0 spiro atoms. The lowest BCUT2D eigenvalue weighted by atomic mass is 10.1. The van der Waals surface area contributed by atoms with Crippen LogP contribution < -0.4 is 0 Å². The summed E-state index contributed by atoms with van der Waals surface area (Å²) in [6, 6.07) is 11.8. The van der Waals surface area contributed by atoms with Gasteiger partial charge in [-0.15, -0.1) is 0 Å². The van der Waals surface area contributed by atoms with Gasteiger partial charge in [0.2, 0.25) is 0 Å². The number of rotatable bonds is 2. The highest BCUT2D eigenvalue weighted by Gasteiger charge is 2.04. The van der Waals surface area contributed by atoms with E-state index in [1.54, 1.807) is 12.1 Å². The van der Waals surface area contributed by atoms with Gasteiger partial charge in [0.15, 0.2) is 0 Å². The molecule has 0 saturated heterocycles. The van der Waals surface area contributed by atoms with E-state index >= 15 is 0 Å². The smallest absolute Gasteiger partial charge is 0.150 e. The molecule has 3 aromatic rings. The predicted molar refractivity (Wildman–Crippen MR) is 70.8 cm³/mol. The van der Waals surface area contributed by atoms with E-state index in [-0.39, 0.29) is 0 Å². The third kappa shape index (κ3) is 1.80. The second kappa shape index (κ2) is 4.11. The maximum atomic E-state index is 10.7. The molecule has 18 heavy (non-hydrogen) atoms. The standard InChI is InChI=1S/C15H12N2O/c1-11-3-2-4-13(7-11)14-9-17-6-5-12(10-18)8-15(17)16-14/h2-10H,1H3. The van der Waals surface area contributed by atoms with Crippen molar-refractivity contribution >= 4 is 11.9 Å². The van der Waals surface area contributed by atoms with Gasteiger partial charge in [-0.3, -0.25) is 4.79 Å². The van der Waals surface area contributed by atoms with E-state index in [1.165, 1.54) is 5.56 Å². The van der Waals surface area contributed by atoms with Crippen molar-refractivity contribution in [2.24, 2.45) is 0 Å². The fraction of sp³-hybridized carbons (Fsp3) is 0.0667. The van der Waals surface area contributed by atoms with Crippen molar-refractivity contribution in [2.75, 3.05) is 0 Å². The number of imidazole rings is 1. The molecule has 0 aliphatic carbocycles. The molecule has 1 aromatic carbocycles. The molecule has 0 fully saturated rings. The van der Waals surface area contributed by atoms with Gasteiger partial charge in [-0.25, -0.2) is 4.98 Å². The number of carbonyl (C=O) groups is 1. The van der Waals surface area contributed by atoms with Crippen LogP contribution in [0.3, 0.4) is 0 Å². The van der Waals surface area contributed by atoms with Gasteiger partial charge in [0.05, 0.1) is 5.69 Å². The summed E-state index contributed by atoms with van der Waals surface area (Å²) >= 11 is 0. The van der Waals surface area contributed by atoms with Gasteiger partial charge in [0.1, 0.15) is 11.9 Å². The summed E-state index contributed by atoms with van der Waals surface area (Å²) in [4.78, 5) is 15.3. The van der Waals surface area contributed by atoms with Crippen LogP contribution in [0.1, 0.15) is 15.9 Å². The van der Waals surface area contributed by atoms with Gasteiger partial charge in [-0.2, -0.15) is 0 Å². The Morgan fingerprint density at radius 1 is 1.22 bits per heavy atom. The molecule has 0 aliphatic rings. The molecule has 0 aliphatic heterocycles. The zero-order valence-corrected chi connectivity index (χ0v) is 10.00. The topological polar surface area (TPSA) is 34.4 Å². The summed E-state index contributed by atoms with van der Waals surface area (Å²) in [5.74, 6) is 0. The molecule has 0 N–H and O–H groups in total. The fourth-order valence-corrected chi connectivity index (χ4v) is 2.01. The van der Waals surface area contributed by atoms with Crippen LogP contribution >= 0.6 is 0 Å². The summed E-state index contributed by atoms with van der Waals surface area (Å²) in [7, 11) is 0. The summed E-state index contributed by atoms with van der Waals surface area (Å²) in [6.07, 6.45) is 4.66. The van der Waals surface area contributed by atoms with Gasteiger partial charge in [0, 0.05) is 23.5 Å². The molecule has 0 saturated carbocycles. The minimum absolute atomic E-state index is 0.642. The first-order valence-electron chi connectivity index (χ1n) is 5.77. The maximum absolute atomic E-state index is 10.7. The number of hydrogen-bond donors (Lipinski definition) is 0. The van der Waals surface area contributed by atoms with Gasteiger partial charge in [0.25, 0.3) is 0 Å². The van der Waals surface area contributed by atoms with E-state index < -0.39 is 0 Å². The fourth-order valence-electron chi connectivity index (χ4n) is 2.01. The summed E-state index contributed by atoms with van der Waals surface area (Å²) in [6.45, 7) is 2.06. The van der Waals surface area contributed by atoms with Crippen LogP contribution in [0.15, 0.2) is 48.8 Å². The van der Waals surface area contributed by atoms with E-state index in [1.807, 2.05) is 28.9 Å². The highest BCUT2D eigenvalue weighted by atomic mass is 16.1. The molecule has 3 nitrogen and oxygen atoms in total. The van der Waals surface area contributed by atoms with Crippen LogP contribution in [-0.4, -0.2) is 15.7 Å². The van der Waals surface area contributed by atoms with Crippen molar-refractivity contribution < 1.29 is 4.79 Å². The number of aromatic nitrogens is 2. The lowest BCUT2D eigenvalue weighted by molar-refractivity contribution is 0.112. The van der Waals surface area contributed by atoms with Gasteiger partial charge < -0.3 is 4.40 Å². The third-order valence-corrected chi connectivity index (χ3v) is 2.93. The average molecular weight is 236 g/mol. The average Bonchev–Trinajstić information content (AvgIpc) is 2.81. The molecular formula is C15H12N2O. The molecule has 2 heterocycles. The highest BCUT2D eigenvalue weighted by Crippen LogP contribution is 2.20. The van der Waals surface area contributed by atoms with Crippen LogP contribution in [0, 0.1) is 6.92 Å². The van der Waals surface area contributed by atoms with Crippen LogP contribution in [0.5, 0.6) is 0 Å². The summed E-state index contributed by atoms with van der Waals surface area (Å²) < 4.78 is 1.92. The van der Waals surface area contributed by atoms with Crippen LogP contribution in [0.4, 0.5) is 0 Å². The minimum atomic E-state index is 0.642. The summed E-state index contributed by atoms with van der Waals surface area (Å²) in [5.41, 5.74) is 4.64. The number of carbonyl (C=O) groups excluding carboxylic acids is 1.